The Morgan fingerprint density at radius 3 is 2.64 bits per heavy atom. The number of aromatic nitrogens is 3. The van der Waals surface area contributed by atoms with Crippen molar-refractivity contribution in [3.8, 4) is 5.69 Å². The molecule has 2 atom stereocenters. The number of hydrogen-bond acceptors (Lipinski definition) is 4. The lowest BCUT2D eigenvalue weighted by molar-refractivity contribution is 0.00190. The van der Waals surface area contributed by atoms with Crippen LogP contribution < -0.4 is 5.32 Å². The molecule has 0 spiro atoms. The van der Waals surface area contributed by atoms with Crippen molar-refractivity contribution in [3.05, 3.63) is 41.5 Å². The molecule has 25 heavy (non-hydrogen) atoms. The van der Waals surface area contributed by atoms with E-state index in [-0.39, 0.29) is 17.4 Å². The van der Waals surface area contributed by atoms with Crippen molar-refractivity contribution < 1.29 is 9.90 Å². The van der Waals surface area contributed by atoms with Crippen LogP contribution in [0.5, 0.6) is 0 Å². The van der Waals surface area contributed by atoms with Gasteiger partial charge in [0, 0.05) is 17.5 Å². The maximum atomic E-state index is 12.4. The van der Waals surface area contributed by atoms with Crippen molar-refractivity contribution >= 4 is 5.91 Å². The van der Waals surface area contributed by atoms with Gasteiger partial charge in [-0.05, 0) is 51.0 Å². The number of aryl methyl sites for hydroxylation is 2. The quantitative estimate of drug-likeness (QED) is 0.895. The minimum absolute atomic E-state index is 0.114. The smallest absolute Gasteiger partial charge is 0.251 e. The molecule has 2 unspecified atom stereocenters. The molecule has 1 fully saturated rings. The largest absolute Gasteiger partial charge is 0.392 e. The Hall–Kier alpha value is -2.21. The van der Waals surface area contributed by atoms with E-state index in [1.54, 1.807) is 16.8 Å². The SMILES string of the molecule is Cc1nc(C)n(-c2ccc(C(=O)NCC3(C)CCCCC3O)cc2)n1. The van der Waals surface area contributed by atoms with Crippen LogP contribution in [0, 0.1) is 19.3 Å². The molecular weight excluding hydrogens is 316 g/mol. The molecule has 1 saturated carbocycles. The van der Waals surface area contributed by atoms with Crippen LogP contribution in [0.1, 0.15) is 54.6 Å². The number of carbonyl (C=O) groups excluding carboxylic acids is 1. The molecule has 2 aromatic rings. The fourth-order valence-electron chi connectivity index (χ4n) is 3.49. The van der Waals surface area contributed by atoms with Crippen molar-refractivity contribution in [1.82, 2.24) is 20.1 Å². The van der Waals surface area contributed by atoms with Crippen molar-refractivity contribution in [2.24, 2.45) is 5.41 Å². The van der Waals surface area contributed by atoms with Gasteiger partial charge in [0.1, 0.15) is 11.6 Å². The summed E-state index contributed by atoms with van der Waals surface area (Å²) in [6.45, 7) is 6.30. The molecule has 0 aliphatic heterocycles. The number of benzene rings is 1. The van der Waals surface area contributed by atoms with Crippen LogP contribution in [0.15, 0.2) is 24.3 Å². The molecule has 1 amide bonds. The lowest BCUT2D eigenvalue weighted by atomic mass is 9.73. The van der Waals surface area contributed by atoms with Gasteiger partial charge in [0.05, 0.1) is 11.8 Å². The van der Waals surface area contributed by atoms with Gasteiger partial charge in [-0.3, -0.25) is 4.79 Å². The minimum Gasteiger partial charge on any atom is -0.392 e. The van der Waals surface area contributed by atoms with Crippen molar-refractivity contribution in [2.75, 3.05) is 6.54 Å². The Kier molecular flexibility index (Phi) is 4.90. The molecule has 6 heteroatoms. The van der Waals surface area contributed by atoms with Crippen molar-refractivity contribution in [2.45, 2.75) is 52.6 Å². The molecule has 1 aliphatic rings. The van der Waals surface area contributed by atoms with Crippen LogP contribution in [0.25, 0.3) is 5.69 Å². The van der Waals surface area contributed by atoms with E-state index >= 15 is 0 Å². The summed E-state index contributed by atoms with van der Waals surface area (Å²) >= 11 is 0. The summed E-state index contributed by atoms with van der Waals surface area (Å²) in [4.78, 5) is 16.7. The lowest BCUT2D eigenvalue weighted by Gasteiger charge is -2.38. The summed E-state index contributed by atoms with van der Waals surface area (Å²) in [5.41, 5.74) is 1.25. The molecule has 3 rings (SSSR count). The Bertz CT molecular complexity index is 753. The Balaban J connectivity index is 1.66. The van der Waals surface area contributed by atoms with Gasteiger partial charge < -0.3 is 10.4 Å². The molecule has 0 bridgehead atoms. The Morgan fingerprint density at radius 2 is 2.04 bits per heavy atom. The average molecular weight is 342 g/mol. The summed E-state index contributed by atoms with van der Waals surface area (Å²) in [6, 6.07) is 7.32. The van der Waals surface area contributed by atoms with Gasteiger partial charge >= 0.3 is 0 Å². The van der Waals surface area contributed by atoms with Gasteiger partial charge in [0.25, 0.3) is 5.91 Å². The standard InChI is InChI=1S/C19H26N4O2/c1-13-21-14(2)23(22-13)16-9-7-15(8-10-16)18(25)20-12-19(3)11-5-4-6-17(19)24/h7-10,17,24H,4-6,11-12H2,1-3H3,(H,20,25). The van der Waals surface area contributed by atoms with Gasteiger partial charge in [-0.15, -0.1) is 0 Å². The third-order valence-corrected chi connectivity index (χ3v) is 5.18. The summed E-state index contributed by atoms with van der Waals surface area (Å²) in [7, 11) is 0. The van der Waals surface area contributed by atoms with Crippen LogP contribution in [0.4, 0.5) is 0 Å². The van der Waals surface area contributed by atoms with Crippen molar-refractivity contribution in [1.29, 1.82) is 0 Å². The first-order valence-electron chi connectivity index (χ1n) is 8.86. The second-order valence-electron chi connectivity index (χ2n) is 7.26. The zero-order valence-corrected chi connectivity index (χ0v) is 15.1. The van der Waals surface area contributed by atoms with Gasteiger partial charge in [0.15, 0.2) is 0 Å². The molecule has 0 saturated heterocycles. The summed E-state index contributed by atoms with van der Waals surface area (Å²) in [5, 5.41) is 17.6. The predicted molar refractivity (Wildman–Crippen MR) is 95.7 cm³/mol. The lowest BCUT2D eigenvalue weighted by Crippen LogP contribution is -2.45. The minimum atomic E-state index is -0.345. The second kappa shape index (κ2) is 6.96. The van der Waals surface area contributed by atoms with Crippen LogP contribution in [-0.4, -0.2) is 38.4 Å². The Morgan fingerprint density at radius 1 is 1.32 bits per heavy atom. The topological polar surface area (TPSA) is 80.0 Å². The first-order valence-corrected chi connectivity index (χ1v) is 8.86. The first kappa shape index (κ1) is 17.6. The maximum absolute atomic E-state index is 12.4. The molecule has 2 N–H and O–H groups in total. The highest BCUT2D eigenvalue weighted by molar-refractivity contribution is 5.94. The van der Waals surface area contributed by atoms with E-state index in [0.29, 0.717) is 12.1 Å². The zero-order chi connectivity index (χ0) is 18.0. The fourth-order valence-corrected chi connectivity index (χ4v) is 3.49. The maximum Gasteiger partial charge on any atom is 0.251 e. The average Bonchev–Trinajstić information content (AvgIpc) is 2.94. The number of aliphatic hydroxyl groups is 1. The van der Waals surface area contributed by atoms with Crippen LogP contribution in [0.3, 0.4) is 0 Å². The van der Waals surface area contributed by atoms with E-state index in [4.69, 9.17) is 0 Å². The van der Waals surface area contributed by atoms with E-state index in [9.17, 15) is 9.90 Å². The zero-order valence-electron chi connectivity index (χ0n) is 15.1. The summed E-state index contributed by atoms with van der Waals surface area (Å²) in [6.07, 6.45) is 3.58. The molecule has 1 aliphatic carbocycles. The van der Waals surface area contributed by atoms with Gasteiger partial charge in [-0.25, -0.2) is 9.67 Å². The van der Waals surface area contributed by atoms with Gasteiger partial charge in [0.2, 0.25) is 0 Å². The number of amides is 1. The fraction of sp³-hybridized carbons (Fsp3) is 0.526. The van der Waals surface area contributed by atoms with Crippen molar-refractivity contribution in [3.63, 3.8) is 0 Å². The van der Waals surface area contributed by atoms with E-state index < -0.39 is 0 Å². The molecule has 6 nitrogen and oxygen atoms in total. The Labute approximate surface area is 148 Å². The number of carbonyl (C=O) groups is 1. The van der Waals surface area contributed by atoms with E-state index in [1.165, 1.54) is 0 Å². The van der Waals surface area contributed by atoms with Crippen LogP contribution in [-0.2, 0) is 0 Å². The van der Waals surface area contributed by atoms with Gasteiger partial charge in [-0.1, -0.05) is 19.8 Å². The summed E-state index contributed by atoms with van der Waals surface area (Å²) < 4.78 is 1.76. The third kappa shape index (κ3) is 3.74. The molecule has 134 valence electrons. The third-order valence-electron chi connectivity index (χ3n) is 5.18. The monoisotopic (exact) mass is 342 g/mol. The normalized spacial score (nSPS) is 23.4. The highest BCUT2D eigenvalue weighted by Crippen LogP contribution is 2.35. The van der Waals surface area contributed by atoms with E-state index in [0.717, 1.165) is 43.0 Å². The van der Waals surface area contributed by atoms with E-state index in [1.807, 2.05) is 26.0 Å². The number of hydrogen-bond donors (Lipinski definition) is 2. The molecule has 0 radical (unpaired) electrons. The molecule has 1 aromatic heterocycles. The molecular formula is C19H26N4O2. The summed E-state index contributed by atoms with van der Waals surface area (Å²) in [5.74, 6) is 1.42. The highest BCUT2D eigenvalue weighted by Gasteiger charge is 2.35. The second-order valence-corrected chi connectivity index (χ2v) is 7.26. The van der Waals surface area contributed by atoms with E-state index in [2.05, 4.69) is 22.3 Å². The number of nitrogens with zero attached hydrogens (tertiary/aromatic N) is 3. The molecule has 1 heterocycles. The highest BCUT2D eigenvalue weighted by atomic mass is 16.3. The van der Waals surface area contributed by atoms with Gasteiger partial charge in [-0.2, -0.15) is 5.10 Å². The van der Waals surface area contributed by atoms with Crippen LogP contribution in [0.2, 0.25) is 0 Å². The predicted octanol–water partition coefficient (Wildman–Crippen LogP) is 2.56. The first-order chi connectivity index (χ1) is 11.9. The number of nitrogens with one attached hydrogen (secondary N) is 1. The molecule has 1 aromatic carbocycles. The van der Waals surface area contributed by atoms with Crippen LogP contribution >= 0.6 is 0 Å². The number of aliphatic hydroxyl groups excluding tert-OH is 1. The number of rotatable bonds is 4.